The predicted octanol–water partition coefficient (Wildman–Crippen LogP) is 2.66. The number of carbonyl (C=O) groups excluding carboxylic acids is 1. The zero-order chi connectivity index (χ0) is 13.1. The minimum Gasteiger partial charge on any atom is -0.441 e. The second-order valence-corrected chi connectivity index (χ2v) is 4.47. The molecule has 1 aromatic carbocycles. The molecule has 0 aliphatic carbocycles. The maximum Gasteiger partial charge on any atom is 0.182 e. The molecule has 94 valence electrons. The van der Waals surface area contributed by atoms with Crippen molar-refractivity contribution in [1.29, 1.82) is 0 Å². The molecular weight excluding hydrogens is 345 g/mol. The van der Waals surface area contributed by atoms with Gasteiger partial charge in [0.15, 0.2) is 18.3 Å². The van der Waals surface area contributed by atoms with Crippen molar-refractivity contribution in [3.05, 3.63) is 36.0 Å². The van der Waals surface area contributed by atoms with Crippen molar-refractivity contribution in [2.45, 2.75) is 6.92 Å². The number of rotatable bonds is 4. The molecule has 0 atom stereocenters. The lowest BCUT2D eigenvalue weighted by Crippen LogP contribution is -2.15. The molecule has 0 saturated carbocycles. The minimum absolute atomic E-state index is 0.518. The van der Waals surface area contributed by atoms with Crippen LogP contribution >= 0.6 is 22.6 Å². The van der Waals surface area contributed by atoms with E-state index in [0.717, 1.165) is 12.0 Å². The SMILES string of the molecule is C/C(N)=C/N(CI)c1ccc(C=O)c2ncoc12. The lowest BCUT2D eigenvalue weighted by Gasteiger charge is -2.18. The summed E-state index contributed by atoms with van der Waals surface area (Å²) in [7, 11) is 0. The molecular formula is C12H12IN3O2. The van der Waals surface area contributed by atoms with Crippen LogP contribution in [0.25, 0.3) is 11.1 Å². The van der Waals surface area contributed by atoms with Gasteiger partial charge in [-0.25, -0.2) is 4.98 Å². The minimum atomic E-state index is 0.518. The van der Waals surface area contributed by atoms with E-state index in [1.54, 1.807) is 6.07 Å². The Morgan fingerprint density at radius 3 is 3.00 bits per heavy atom. The van der Waals surface area contributed by atoms with Crippen molar-refractivity contribution in [3.8, 4) is 0 Å². The van der Waals surface area contributed by atoms with Crippen LogP contribution in [0.15, 0.2) is 34.8 Å². The number of anilines is 1. The van der Waals surface area contributed by atoms with Crippen LogP contribution in [0.4, 0.5) is 5.69 Å². The van der Waals surface area contributed by atoms with Crippen LogP contribution in [0.3, 0.4) is 0 Å². The summed E-state index contributed by atoms with van der Waals surface area (Å²) in [4.78, 5) is 16.9. The van der Waals surface area contributed by atoms with Gasteiger partial charge < -0.3 is 15.1 Å². The number of halogens is 1. The third-order valence-electron chi connectivity index (χ3n) is 2.42. The van der Waals surface area contributed by atoms with Crippen molar-refractivity contribution >= 4 is 45.7 Å². The van der Waals surface area contributed by atoms with E-state index in [1.165, 1.54) is 6.39 Å². The number of hydrogen-bond donors (Lipinski definition) is 1. The maximum absolute atomic E-state index is 10.9. The molecule has 0 radical (unpaired) electrons. The molecule has 5 nitrogen and oxygen atoms in total. The second-order valence-electron chi connectivity index (χ2n) is 3.78. The molecule has 0 unspecified atom stereocenters. The Kier molecular flexibility index (Phi) is 3.85. The number of oxazole rings is 1. The highest BCUT2D eigenvalue weighted by atomic mass is 127. The van der Waals surface area contributed by atoms with Gasteiger partial charge in [0, 0.05) is 17.5 Å². The Hall–Kier alpha value is -1.57. The van der Waals surface area contributed by atoms with Gasteiger partial charge in [-0.2, -0.15) is 0 Å². The first-order valence-electron chi connectivity index (χ1n) is 5.25. The Balaban J connectivity index is 2.61. The fourth-order valence-corrected chi connectivity index (χ4v) is 2.26. The average Bonchev–Trinajstić information content (AvgIpc) is 2.83. The number of aldehydes is 1. The largest absolute Gasteiger partial charge is 0.441 e. The molecule has 2 N–H and O–H groups in total. The van der Waals surface area contributed by atoms with E-state index < -0.39 is 0 Å². The van der Waals surface area contributed by atoms with Gasteiger partial charge in [-0.1, -0.05) is 22.6 Å². The van der Waals surface area contributed by atoms with E-state index in [9.17, 15) is 4.79 Å². The molecule has 0 aliphatic rings. The Morgan fingerprint density at radius 1 is 1.61 bits per heavy atom. The summed E-state index contributed by atoms with van der Waals surface area (Å²) in [6.45, 7) is 1.82. The molecule has 6 heteroatoms. The van der Waals surface area contributed by atoms with Crippen molar-refractivity contribution in [1.82, 2.24) is 4.98 Å². The summed E-state index contributed by atoms with van der Waals surface area (Å²) in [6.07, 6.45) is 3.93. The summed E-state index contributed by atoms with van der Waals surface area (Å²) in [5.74, 6) is 0. The van der Waals surface area contributed by atoms with Gasteiger partial charge in [0.1, 0.15) is 5.52 Å². The first kappa shape index (κ1) is 12.9. The molecule has 1 aromatic heterocycles. The van der Waals surface area contributed by atoms with Gasteiger partial charge >= 0.3 is 0 Å². The molecule has 0 amide bonds. The highest BCUT2D eigenvalue weighted by Gasteiger charge is 2.14. The van der Waals surface area contributed by atoms with Gasteiger partial charge in [0.2, 0.25) is 0 Å². The fourth-order valence-electron chi connectivity index (χ4n) is 1.69. The van der Waals surface area contributed by atoms with E-state index in [2.05, 4.69) is 27.6 Å². The third kappa shape index (κ3) is 2.33. The lowest BCUT2D eigenvalue weighted by molar-refractivity contribution is 0.112. The topological polar surface area (TPSA) is 72.4 Å². The second kappa shape index (κ2) is 5.38. The molecule has 0 spiro atoms. The van der Waals surface area contributed by atoms with E-state index in [1.807, 2.05) is 24.1 Å². The number of carbonyl (C=O) groups is 1. The van der Waals surface area contributed by atoms with E-state index in [0.29, 0.717) is 26.9 Å². The van der Waals surface area contributed by atoms with Crippen molar-refractivity contribution in [3.63, 3.8) is 0 Å². The standard InChI is InChI=1S/C12H12IN3O2/c1-8(14)4-16(6-13)10-3-2-9(5-17)11-12(10)18-7-15-11/h2-5,7H,6,14H2,1H3/b8-4-. The zero-order valence-corrected chi connectivity index (χ0v) is 11.9. The van der Waals surface area contributed by atoms with Gasteiger partial charge in [0.05, 0.1) is 10.2 Å². The number of aromatic nitrogens is 1. The maximum atomic E-state index is 10.9. The molecule has 0 saturated heterocycles. The number of allylic oxidation sites excluding steroid dienone is 1. The third-order valence-corrected chi connectivity index (χ3v) is 3.15. The van der Waals surface area contributed by atoms with Crippen LogP contribution in [0.5, 0.6) is 0 Å². The van der Waals surface area contributed by atoms with Crippen LogP contribution in [0, 0.1) is 0 Å². The lowest BCUT2D eigenvalue weighted by atomic mass is 10.1. The predicted molar refractivity (Wildman–Crippen MR) is 78.7 cm³/mol. The van der Waals surface area contributed by atoms with Crippen LogP contribution in [-0.4, -0.2) is 15.8 Å². The van der Waals surface area contributed by atoms with Crippen LogP contribution in [0.1, 0.15) is 17.3 Å². The number of nitrogens with two attached hydrogens (primary N) is 1. The highest BCUT2D eigenvalue weighted by Crippen LogP contribution is 2.29. The molecule has 1 heterocycles. The van der Waals surface area contributed by atoms with E-state index in [4.69, 9.17) is 10.2 Å². The number of hydrogen-bond acceptors (Lipinski definition) is 5. The van der Waals surface area contributed by atoms with Crippen LogP contribution in [-0.2, 0) is 0 Å². The highest BCUT2D eigenvalue weighted by molar-refractivity contribution is 14.1. The molecule has 0 bridgehead atoms. The number of fused-ring (bicyclic) bond motifs is 1. The number of benzene rings is 1. The monoisotopic (exact) mass is 357 g/mol. The van der Waals surface area contributed by atoms with E-state index in [-0.39, 0.29) is 0 Å². The van der Waals surface area contributed by atoms with Gasteiger partial charge in [0.25, 0.3) is 0 Å². The first-order chi connectivity index (χ1) is 8.67. The van der Waals surface area contributed by atoms with Gasteiger partial charge in [-0.05, 0) is 19.1 Å². The van der Waals surface area contributed by atoms with Crippen molar-refractivity contribution < 1.29 is 9.21 Å². The van der Waals surface area contributed by atoms with Crippen LogP contribution in [0.2, 0.25) is 0 Å². The molecule has 2 aromatic rings. The number of alkyl halides is 1. The van der Waals surface area contributed by atoms with E-state index >= 15 is 0 Å². The normalized spacial score (nSPS) is 11.8. The van der Waals surface area contributed by atoms with Gasteiger partial charge in [-0.15, -0.1) is 0 Å². The number of nitrogens with zero attached hydrogens (tertiary/aromatic N) is 2. The van der Waals surface area contributed by atoms with Gasteiger partial charge in [-0.3, -0.25) is 4.79 Å². The summed E-state index contributed by atoms with van der Waals surface area (Å²) in [5, 5.41) is 0. The quantitative estimate of drug-likeness (QED) is 0.394. The first-order valence-corrected chi connectivity index (χ1v) is 6.77. The molecule has 18 heavy (non-hydrogen) atoms. The Bertz CT molecular complexity index is 602. The summed E-state index contributed by atoms with van der Waals surface area (Å²) >= 11 is 2.23. The fraction of sp³-hybridized carbons (Fsp3) is 0.167. The molecule has 0 aliphatic heterocycles. The average molecular weight is 357 g/mol. The van der Waals surface area contributed by atoms with Crippen molar-refractivity contribution in [2.24, 2.45) is 5.73 Å². The summed E-state index contributed by atoms with van der Waals surface area (Å²) < 4.78 is 6.08. The zero-order valence-electron chi connectivity index (χ0n) is 9.76. The van der Waals surface area contributed by atoms with Crippen LogP contribution < -0.4 is 10.6 Å². The smallest absolute Gasteiger partial charge is 0.182 e. The Morgan fingerprint density at radius 2 is 2.39 bits per heavy atom. The summed E-state index contributed by atoms with van der Waals surface area (Å²) in [6, 6.07) is 3.56. The molecule has 2 rings (SSSR count). The summed E-state index contributed by atoms with van der Waals surface area (Å²) in [5.41, 5.74) is 8.91. The van der Waals surface area contributed by atoms with Crippen molar-refractivity contribution in [2.75, 3.05) is 9.45 Å². The molecule has 0 fully saturated rings. The Labute approximate surface area is 118 Å².